The monoisotopic (exact) mass is 436 g/mol. The predicted octanol–water partition coefficient (Wildman–Crippen LogP) is 11.5. The number of hydrogen-bond acceptors (Lipinski definition) is 1. The summed E-state index contributed by atoms with van der Waals surface area (Å²) in [5.41, 5.74) is 1.35. The molecule has 0 aromatic carbocycles. The van der Waals surface area contributed by atoms with E-state index in [0.717, 1.165) is 6.42 Å². The van der Waals surface area contributed by atoms with Crippen molar-refractivity contribution in [2.75, 3.05) is 6.26 Å². The SMILES string of the molecule is C=C.C=C/C=C(/C=C(\C=C/C)CC)SC.C=C/C=C/C.C=CC.CC.CC.CCC. The van der Waals surface area contributed by atoms with E-state index in [0.29, 0.717) is 0 Å². The van der Waals surface area contributed by atoms with Gasteiger partial charge in [0.15, 0.2) is 0 Å². The minimum Gasteiger partial charge on any atom is -0.130 e. The van der Waals surface area contributed by atoms with Crippen LogP contribution in [0.3, 0.4) is 0 Å². The van der Waals surface area contributed by atoms with Gasteiger partial charge in [0.25, 0.3) is 0 Å². The third kappa shape index (κ3) is 82.4. The Labute approximate surface area is 198 Å². The first-order valence-corrected chi connectivity index (χ1v) is 12.3. The normalized spacial score (nSPS) is 9.03. The third-order valence-corrected chi connectivity index (χ3v) is 2.69. The molecule has 30 heavy (non-hydrogen) atoms. The van der Waals surface area contributed by atoms with Crippen molar-refractivity contribution in [3.8, 4) is 0 Å². The molecule has 0 radical (unpaired) electrons. The number of allylic oxidation sites excluding steroid dienone is 10. The van der Waals surface area contributed by atoms with Crippen LogP contribution >= 0.6 is 11.8 Å². The van der Waals surface area contributed by atoms with Crippen LogP contribution in [0, 0.1) is 0 Å². The zero-order chi connectivity index (χ0) is 25.6. The first-order chi connectivity index (χ1) is 14.5. The lowest BCUT2D eigenvalue weighted by molar-refractivity contribution is 1.09. The molecule has 0 bridgehead atoms. The summed E-state index contributed by atoms with van der Waals surface area (Å²) in [5, 5.41) is 0. The fourth-order valence-corrected chi connectivity index (χ4v) is 1.59. The molecule has 178 valence electrons. The van der Waals surface area contributed by atoms with Crippen molar-refractivity contribution in [1.82, 2.24) is 0 Å². The van der Waals surface area contributed by atoms with Gasteiger partial charge in [-0.05, 0) is 51.2 Å². The second-order valence-electron chi connectivity index (χ2n) is 4.46. The maximum Gasteiger partial charge on any atom is 0.00716 e. The highest BCUT2D eigenvalue weighted by Gasteiger charge is 1.91. The summed E-state index contributed by atoms with van der Waals surface area (Å²) in [6, 6.07) is 0. The largest absolute Gasteiger partial charge is 0.130 e. The van der Waals surface area contributed by atoms with E-state index in [-0.39, 0.29) is 0 Å². The van der Waals surface area contributed by atoms with Gasteiger partial charge < -0.3 is 0 Å². The average molecular weight is 437 g/mol. The van der Waals surface area contributed by atoms with Gasteiger partial charge in [-0.1, -0.05) is 111 Å². The minimum atomic E-state index is 1.07. The van der Waals surface area contributed by atoms with Crippen molar-refractivity contribution in [1.29, 1.82) is 0 Å². The zero-order valence-corrected chi connectivity index (χ0v) is 23.4. The van der Waals surface area contributed by atoms with Crippen molar-refractivity contribution >= 4 is 11.8 Å². The first-order valence-electron chi connectivity index (χ1n) is 11.0. The Morgan fingerprint density at radius 1 is 0.800 bits per heavy atom. The lowest BCUT2D eigenvalue weighted by Crippen LogP contribution is -1.76. The van der Waals surface area contributed by atoms with Gasteiger partial charge >= 0.3 is 0 Å². The lowest BCUT2D eigenvalue weighted by atomic mass is 10.2. The Morgan fingerprint density at radius 2 is 1.20 bits per heavy atom. The number of rotatable bonds is 6. The van der Waals surface area contributed by atoms with Crippen LogP contribution in [-0.2, 0) is 0 Å². The van der Waals surface area contributed by atoms with Crippen LogP contribution in [0.5, 0.6) is 0 Å². The Balaban J connectivity index is -0.0000000516. The van der Waals surface area contributed by atoms with Crippen LogP contribution in [-0.4, -0.2) is 6.26 Å². The van der Waals surface area contributed by atoms with Crippen LogP contribution in [0.2, 0.25) is 0 Å². The Morgan fingerprint density at radius 3 is 1.37 bits per heavy atom. The molecule has 0 nitrogen and oxygen atoms in total. The van der Waals surface area contributed by atoms with Crippen molar-refractivity contribution < 1.29 is 0 Å². The van der Waals surface area contributed by atoms with Gasteiger partial charge in [0.1, 0.15) is 0 Å². The molecule has 0 atom stereocenters. The van der Waals surface area contributed by atoms with Gasteiger partial charge in [0.2, 0.25) is 0 Å². The molecule has 1 heteroatoms. The number of hydrogen-bond donors (Lipinski definition) is 0. The summed E-state index contributed by atoms with van der Waals surface area (Å²) >= 11 is 1.74. The van der Waals surface area contributed by atoms with Gasteiger partial charge in [-0.25, -0.2) is 0 Å². The van der Waals surface area contributed by atoms with Crippen LogP contribution in [0.1, 0.15) is 82.1 Å². The second kappa shape index (κ2) is 71.1. The van der Waals surface area contributed by atoms with E-state index in [9.17, 15) is 0 Å². The zero-order valence-electron chi connectivity index (χ0n) is 22.6. The summed E-state index contributed by atoms with van der Waals surface area (Å²) < 4.78 is 0. The van der Waals surface area contributed by atoms with Gasteiger partial charge in [-0.15, -0.1) is 31.5 Å². The predicted molar refractivity (Wildman–Crippen MR) is 156 cm³/mol. The standard InChI is InChI=1S/C12H18S.C5H8.C3H8.C3H6.2C2H6.C2H4/c1-5-8-11(7-3)10-12(13-4)9-6-2;1-3-5-4-2;2*1-3-2;3*1-2/h5-6,8-10H,2,7H2,1,3-4H3;3-5H,1H2,2H3;3H2,1-2H3;3H,1H2,2H3;2*1-2H3;1-2H2/b8-5-,11-10-,12-9-;5-4+;;;;;. The van der Waals surface area contributed by atoms with Crippen LogP contribution in [0.4, 0.5) is 0 Å². The second-order valence-corrected chi connectivity index (χ2v) is 5.34. The van der Waals surface area contributed by atoms with E-state index in [2.05, 4.69) is 78.1 Å². The highest BCUT2D eigenvalue weighted by Crippen LogP contribution is 2.17. The van der Waals surface area contributed by atoms with E-state index in [4.69, 9.17) is 0 Å². The fraction of sp³-hybridized carbons (Fsp3) is 0.448. The van der Waals surface area contributed by atoms with E-state index in [1.807, 2.05) is 72.8 Å². The molecule has 0 saturated carbocycles. The molecule has 0 heterocycles. The summed E-state index contributed by atoms with van der Waals surface area (Å²) in [4.78, 5) is 1.25. The van der Waals surface area contributed by atoms with E-state index in [1.165, 1.54) is 16.9 Å². The summed E-state index contributed by atoms with van der Waals surface area (Å²) in [7, 11) is 0. The quantitative estimate of drug-likeness (QED) is 0.294. The molecule has 0 aliphatic rings. The molecule has 0 aliphatic carbocycles. The Kier molecular flexibility index (Phi) is 110. The van der Waals surface area contributed by atoms with Crippen molar-refractivity contribution in [3.05, 3.63) is 98.1 Å². The highest BCUT2D eigenvalue weighted by atomic mass is 32.2. The summed E-state index contributed by atoms with van der Waals surface area (Å²) in [5.74, 6) is 0. The molecule has 0 aromatic heterocycles. The van der Waals surface area contributed by atoms with Gasteiger partial charge in [0.05, 0.1) is 0 Å². The maximum atomic E-state index is 3.69. The molecular formula is C29H56S. The molecule has 0 unspecified atom stereocenters. The third-order valence-electron chi connectivity index (χ3n) is 1.96. The van der Waals surface area contributed by atoms with Crippen molar-refractivity contribution in [2.24, 2.45) is 0 Å². The average Bonchev–Trinajstić information content (AvgIpc) is 2.79. The Hall–Kier alpha value is -1.73. The van der Waals surface area contributed by atoms with E-state index >= 15 is 0 Å². The number of thioether (sulfide) groups is 1. The summed E-state index contributed by atoms with van der Waals surface area (Å²) in [6.45, 7) is 36.8. The van der Waals surface area contributed by atoms with E-state index in [1.54, 1.807) is 23.9 Å². The van der Waals surface area contributed by atoms with Crippen molar-refractivity contribution in [3.63, 3.8) is 0 Å². The topological polar surface area (TPSA) is 0 Å². The molecule has 0 N–H and O–H groups in total. The minimum absolute atomic E-state index is 1.07. The van der Waals surface area contributed by atoms with Gasteiger partial charge in [0, 0.05) is 4.91 Å². The van der Waals surface area contributed by atoms with Crippen molar-refractivity contribution in [2.45, 2.75) is 82.1 Å². The van der Waals surface area contributed by atoms with Crippen LogP contribution in [0.25, 0.3) is 0 Å². The molecular weight excluding hydrogens is 380 g/mol. The molecule has 0 rings (SSSR count). The Bertz CT molecular complexity index is 393. The van der Waals surface area contributed by atoms with Crippen LogP contribution in [0.15, 0.2) is 98.1 Å². The first kappa shape index (κ1) is 46.5. The maximum absolute atomic E-state index is 3.69. The molecule has 0 spiro atoms. The summed E-state index contributed by atoms with van der Waals surface area (Å²) in [6.07, 6.45) is 22.0. The smallest absolute Gasteiger partial charge is 0.00716 e. The molecule has 0 amide bonds. The molecule has 0 aliphatic heterocycles. The van der Waals surface area contributed by atoms with Gasteiger partial charge in [-0.2, -0.15) is 0 Å². The van der Waals surface area contributed by atoms with Crippen LogP contribution < -0.4 is 0 Å². The van der Waals surface area contributed by atoms with Gasteiger partial charge in [-0.3, -0.25) is 0 Å². The fourth-order valence-electron chi connectivity index (χ4n) is 1.09. The highest BCUT2D eigenvalue weighted by molar-refractivity contribution is 8.02. The lowest BCUT2D eigenvalue weighted by Gasteiger charge is -1.99. The van der Waals surface area contributed by atoms with E-state index < -0.39 is 0 Å². The molecule has 0 saturated heterocycles. The molecule has 0 fully saturated rings. The molecule has 0 aromatic rings.